The molecule has 0 radical (unpaired) electrons. The molecule has 126 valence electrons. The normalized spacial score (nSPS) is 25.5. The summed E-state index contributed by atoms with van der Waals surface area (Å²) < 4.78 is 25.5. The van der Waals surface area contributed by atoms with E-state index in [2.05, 4.69) is 4.98 Å². The highest BCUT2D eigenvalue weighted by atomic mass is 19.1. The van der Waals surface area contributed by atoms with Gasteiger partial charge in [0, 0.05) is 19.6 Å². The molecule has 1 aromatic heterocycles. The Hall–Kier alpha value is -1.96. The highest BCUT2D eigenvalue weighted by Crippen LogP contribution is 2.29. The van der Waals surface area contributed by atoms with Crippen molar-refractivity contribution in [3.05, 3.63) is 17.8 Å². The van der Waals surface area contributed by atoms with Crippen LogP contribution in [0.5, 0.6) is 0 Å². The average Bonchev–Trinajstić information content (AvgIpc) is 3.00. The highest BCUT2D eigenvalue weighted by Gasteiger charge is 2.46. The maximum Gasteiger partial charge on any atom is 0.291 e. The number of nitrogens with zero attached hydrogens (tertiary/aromatic N) is 3. The van der Waals surface area contributed by atoms with Crippen molar-refractivity contribution in [1.29, 1.82) is 0 Å². The predicted octanol–water partition coefficient (Wildman–Crippen LogP) is 0.786. The number of morpholine rings is 1. The van der Waals surface area contributed by atoms with Crippen LogP contribution in [0.1, 0.15) is 29.1 Å². The van der Waals surface area contributed by atoms with Gasteiger partial charge in [0.1, 0.15) is 0 Å². The Labute approximate surface area is 133 Å². The summed E-state index contributed by atoms with van der Waals surface area (Å²) in [6.45, 7) is 3.42. The molecule has 0 spiro atoms. The zero-order chi connectivity index (χ0) is 16.4. The van der Waals surface area contributed by atoms with Crippen LogP contribution >= 0.6 is 0 Å². The van der Waals surface area contributed by atoms with Crippen LogP contribution in [0.3, 0.4) is 0 Å². The number of aromatic nitrogens is 1. The Kier molecular flexibility index (Phi) is 4.34. The molecule has 1 atom stereocenters. The number of likely N-dealkylation sites (tertiary alicyclic amines) is 1. The number of ether oxygens (including phenoxy) is 1. The first-order chi connectivity index (χ1) is 11.0. The molecule has 0 N–H and O–H groups in total. The molecule has 1 aromatic rings. The van der Waals surface area contributed by atoms with E-state index in [-0.39, 0.29) is 18.7 Å². The van der Waals surface area contributed by atoms with Gasteiger partial charge in [0.05, 0.1) is 25.5 Å². The van der Waals surface area contributed by atoms with Crippen LogP contribution in [-0.4, -0.2) is 71.7 Å². The standard InChI is InChI=1S/C15H20FN3O4/c1-11-12(23-10-17-11)13(20)19-4-2-3-15(16,9-19)14(21)18-5-7-22-8-6-18/h10H,2-9H2,1H3. The minimum absolute atomic E-state index is 0.105. The fourth-order valence-electron chi connectivity index (χ4n) is 3.06. The van der Waals surface area contributed by atoms with Crippen LogP contribution in [-0.2, 0) is 9.53 Å². The van der Waals surface area contributed by atoms with Crippen LogP contribution in [0.25, 0.3) is 0 Å². The van der Waals surface area contributed by atoms with Gasteiger partial charge in [0.15, 0.2) is 6.39 Å². The third kappa shape index (κ3) is 3.08. The number of amides is 2. The lowest BCUT2D eigenvalue weighted by atomic mass is 9.92. The van der Waals surface area contributed by atoms with Gasteiger partial charge in [0.25, 0.3) is 11.8 Å². The maximum absolute atomic E-state index is 15.2. The summed E-state index contributed by atoms with van der Waals surface area (Å²) in [6, 6.07) is 0. The minimum atomic E-state index is -2.04. The molecule has 2 amide bonds. The summed E-state index contributed by atoms with van der Waals surface area (Å²) in [5, 5.41) is 0. The SMILES string of the molecule is Cc1ncoc1C(=O)N1CCCC(F)(C(=O)N2CCOCC2)C1. The summed E-state index contributed by atoms with van der Waals surface area (Å²) in [7, 11) is 0. The number of piperidine rings is 1. The molecule has 0 aliphatic carbocycles. The van der Waals surface area contributed by atoms with Gasteiger partial charge < -0.3 is 19.0 Å². The molecule has 2 aliphatic heterocycles. The lowest BCUT2D eigenvalue weighted by molar-refractivity contribution is -0.151. The first-order valence-corrected chi connectivity index (χ1v) is 7.77. The summed E-state index contributed by atoms with van der Waals surface area (Å²) >= 11 is 0. The Morgan fingerprint density at radius 1 is 1.26 bits per heavy atom. The lowest BCUT2D eigenvalue weighted by Gasteiger charge is -2.39. The summed E-state index contributed by atoms with van der Waals surface area (Å²) in [6.07, 6.45) is 1.75. The molecule has 0 saturated carbocycles. The number of hydrogen-bond acceptors (Lipinski definition) is 5. The van der Waals surface area contributed by atoms with Gasteiger partial charge in [-0.25, -0.2) is 9.37 Å². The fraction of sp³-hybridized carbons (Fsp3) is 0.667. The number of aryl methyl sites for hydroxylation is 1. The molecular formula is C15H20FN3O4. The molecule has 3 heterocycles. The second-order valence-corrected chi connectivity index (χ2v) is 5.97. The second kappa shape index (κ2) is 6.27. The number of hydrogen-bond donors (Lipinski definition) is 0. The monoisotopic (exact) mass is 325 g/mol. The molecule has 2 aliphatic rings. The van der Waals surface area contributed by atoms with E-state index in [0.29, 0.717) is 45.0 Å². The Morgan fingerprint density at radius 2 is 2.00 bits per heavy atom. The molecule has 1 unspecified atom stereocenters. The summed E-state index contributed by atoms with van der Waals surface area (Å²) in [5.41, 5.74) is -1.58. The number of carbonyl (C=O) groups excluding carboxylic acids is 2. The van der Waals surface area contributed by atoms with Gasteiger partial charge in [-0.05, 0) is 19.8 Å². The van der Waals surface area contributed by atoms with Crippen molar-refractivity contribution in [2.45, 2.75) is 25.4 Å². The highest BCUT2D eigenvalue weighted by molar-refractivity contribution is 5.93. The van der Waals surface area contributed by atoms with Crippen LogP contribution in [0.15, 0.2) is 10.8 Å². The molecule has 2 fully saturated rings. The number of halogens is 1. The maximum atomic E-state index is 15.2. The van der Waals surface area contributed by atoms with E-state index in [1.54, 1.807) is 6.92 Å². The Balaban J connectivity index is 1.73. The van der Waals surface area contributed by atoms with Crippen molar-refractivity contribution < 1.29 is 23.1 Å². The third-order valence-corrected chi connectivity index (χ3v) is 4.35. The van der Waals surface area contributed by atoms with Gasteiger partial charge in [-0.3, -0.25) is 9.59 Å². The van der Waals surface area contributed by atoms with Crippen LogP contribution in [0, 0.1) is 6.92 Å². The quantitative estimate of drug-likeness (QED) is 0.803. The minimum Gasteiger partial charge on any atom is -0.438 e. The zero-order valence-electron chi connectivity index (χ0n) is 13.1. The van der Waals surface area contributed by atoms with E-state index >= 15 is 4.39 Å². The van der Waals surface area contributed by atoms with Gasteiger partial charge in [0.2, 0.25) is 11.4 Å². The van der Waals surface area contributed by atoms with E-state index in [9.17, 15) is 9.59 Å². The number of oxazole rings is 1. The average molecular weight is 325 g/mol. The second-order valence-electron chi connectivity index (χ2n) is 5.97. The van der Waals surface area contributed by atoms with E-state index in [0.717, 1.165) is 0 Å². The van der Waals surface area contributed by atoms with Gasteiger partial charge in [-0.2, -0.15) is 0 Å². The molecule has 3 rings (SSSR count). The number of alkyl halides is 1. The van der Waals surface area contributed by atoms with Crippen molar-refractivity contribution in [2.24, 2.45) is 0 Å². The number of rotatable bonds is 2. The van der Waals surface area contributed by atoms with Crippen LogP contribution < -0.4 is 0 Å². The molecule has 8 heteroatoms. The van der Waals surface area contributed by atoms with Crippen molar-refractivity contribution in [3.8, 4) is 0 Å². The van der Waals surface area contributed by atoms with Crippen molar-refractivity contribution in [2.75, 3.05) is 39.4 Å². The molecular weight excluding hydrogens is 305 g/mol. The lowest BCUT2D eigenvalue weighted by Crippen LogP contribution is -2.58. The largest absolute Gasteiger partial charge is 0.438 e. The van der Waals surface area contributed by atoms with E-state index < -0.39 is 17.5 Å². The van der Waals surface area contributed by atoms with Crippen LogP contribution in [0.2, 0.25) is 0 Å². The Morgan fingerprint density at radius 3 is 2.65 bits per heavy atom. The van der Waals surface area contributed by atoms with Crippen molar-refractivity contribution >= 4 is 11.8 Å². The summed E-state index contributed by atoms with van der Waals surface area (Å²) in [4.78, 5) is 31.7. The zero-order valence-corrected chi connectivity index (χ0v) is 13.1. The van der Waals surface area contributed by atoms with E-state index in [1.165, 1.54) is 16.2 Å². The predicted molar refractivity (Wildman–Crippen MR) is 77.6 cm³/mol. The van der Waals surface area contributed by atoms with Crippen molar-refractivity contribution in [3.63, 3.8) is 0 Å². The number of carbonyl (C=O) groups is 2. The smallest absolute Gasteiger partial charge is 0.291 e. The van der Waals surface area contributed by atoms with Gasteiger partial charge in [-0.15, -0.1) is 0 Å². The molecule has 23 heavy (non-hydrogen) atoms. The molecule has 0 aromatic carbocycles. The third-order valence-electron chi connectivity index (χ3n) is 4.35. The molecule has 7 nitrogen and oxygen atoms in total. The summed E-state index contributed by atoms with van der Waals surface area (Å²) in [5.74, 6) is -0.864. The first-order valence-electron chi connectivity index (χ1n) is 7.77. The van der Waals surface area contributed by atoms with E-state index in [1.807, 2.05) is 0 Å². The molecule has 2 saturated heterocycles. The van der Waals surface area contributed by atoms with Crippen LogP contribution in [0.4, 0.5) is 4.39 Å². The van der Waals surface area contributed by atoms with Gasteiger partial charge in [-0.1, -0.05) is 0 Å². The first kappa shape index (κ1) is 15.9. The Bertz CT molecular complexity index is 599. The molecule has 0 bridgehead atoms. The van der Waals surface area contributed by atoms with Gasteiger partial charge >= 0.3 is 0 Å². The topological polar surface area (TPSA) is 75.9 Å². The van der Waals surface area contributed by atoms with Crippen molar-refractivity contribution in [1.82, 2.24) is 14.8 Å². The van der Waals surface area contributed by atoms with E-state index in [4.69, 9.17) is 9.15 Å². The fourth-order valence-corrected chi connectivity index (χ4v) is 3.06.